The molecule has 0 spiro atoms. The fourth-order valence-electron chi connectivity index (χ4n) is 3.78. The van der Waals surface area contributed by atoms with Crippen LogP contribution < -0.4 is 26.0 Å². The summed E-state index contributed by atoms with van der Waals surface area (Å²) in [5.74, 6) is 0.463. The van der Waals surface area contributed by atoms with Crippen molar-refractivity contribution in [1.29, 1.82) is 0 Å². The molecule has 0 radical (unpaired) electrons. The molecule has 8 nitrogen and oxygen atoms in total. The van der Waals surface area contributed by atoms with Crippen molar-refractivity contribution in [2.24, 2.45) is 0 Å². The summed E-state index contributed by atoms with van der Waals surface area (Å²) in [6.07, 6.45) is 0.554. The maximum Gasteiger partial charge on any atom is 0.332 e. The number of aromatic nitrogens is 2. The number of benzene rings is 2. The number of thiophene rings is 1. The Kier molecular flexibility index (Phi) is 7.31. The van der Waals surface area contributed by atoms with Gasteiger partial charge in [-0.2, -0.15) is 0 Å². The Labute approximate surface area is 204 Å². The van der Waals surface area contributed by atoms with Gasteiger partial charge in [0, 0.05) is 6.54 Å². The zero-order valence-corrected chi connectivity index (χ0v) is 20.1. The first kappa shape index (κ1) is 24.2. The highest BCUT2D eigenvalue weighted by Gasteiger charge is 2.17. The average Bonchev–Trinajstić information content (AvgIpc) is 3.35. The van der Waals surface area contributed by atoms with Crippen molar-refractivity contribution in [2.45, 2.75) is 19.5 Å². The monoisotopic (exact) mass is 497 g/mol. The molecule has 0 aliphatic carbocycles. The van der Waals surface area contributed by atoms with E-state index in [0.717, 1.165) is 10.1 Å². The second-order valence-electron chi connectivity index (χ2n) is 7.81. The molecule has 4 rings (SSSR count). The molecule has 4 aromatic rings. The van der Waals surface area contributed by atoms with E-state index in [9.17, 15) is 18.8 Å². The third kappa shape index (κ3) is 5.27. The van der Waals surface area contributed by atoms with Crippen LogP contribution in [0, 0.1) is 5.82 Å². The number of hydrogen-bond acceptors (Lipinski definition) is 6. The van der Waals surface area contributed by atoms with Crippen LogP contribution in [0.4, 0.5) is 4.39 Å². The smallest absolute Gasteiger partial charge is 0.332 e. The highest BCUT2D eigenvalue weighted by molar-refractivity contribution is 7.17. The summed E-state index contributed by atoms with van der Waals surface area (Å²) < 4.78 is 26.5. The molecule has 0 bridgehead atoms. The minimum Gasteiger partial charge on any atom is -0.493 e. The van der Waals surface area contributed by atoms with Crippen molar-refractivity contribution in [3.63, 3.8) is 0 Å². The van der Waals surface area contributed by atoms with Gasteiger partial charge in [-0.1, -0.05) is 18.2 Å². The van der Waals surface area contributed by atoms with Crippen LogP contribution in [0.15, 0.2) is 63.5 Å². The van der Waals surface area contributed by atoms with E-state index < -0.39 is 17.1 Å². The van der Waals surface area contributed by atoms with Crippen molar-refractivity contribution in [1.82, 2.24) is 14.5 Å². The van der Waals surface area contributed by atoms with E-state index in [4.69, 9.17) is 9.47 Å². The average molecular weight is 498 g/mol. The van der Waals surface area contributed by atoms with Crippen molar-refractivity contribution in [3.05, 3.63) is 91.7 Å². The van der Waals surface area contributed by atoms with Crippen LogP contribution >= 0.6 is 11.3 Å². The molecule has 0 atom stereocenters. The normalized spacial score (nSPS) is 10.9. The summed E-state index contributed by atoms with van der Waals surface area (Å²) in [6, 6.07) is 12.8. The van der Waals surface area contributed by atoms with Crippen LogP contribution in [0.2, 0.25) is 0 Å². The zero-order chi connectivity index (χ0) is 24.9. The Morgan fingerprint density at radius 2 is 1.69 bits per heavy atom. The molecule has 182 valence electrons. The van der Waals surface area contributed by atoms with Gasteiger partial charge in [-0.15, -0.1) is 11.3 Å². The molecule has 0 saturated carbocycles. The van der Waals surface area contributed by atoms with Gasteiger partial charge in [0.25, 0.3) is 5.56 Å². The minimum absolute atomic E-state index is 0.0211. The molecule has 10 heteroatoms. The molecule has 2 heterocycles. The predicted molar refractivity (Wildman–Crippen MR) is 132 cm³/mol. The number of carbonyl (C=O) groups is 1. The summed E-state index contributed by atoms with van der Waals surface area (Å²) in [5, 5.41) is 4.53. The van der Waals surface area contributed by atoms with Crippen LogP contribution in [-0.2, 0) is 24.3 Å². The number of halogens is 1. The lowest BCUT2D eigenvalue weighted by Crippen LogP contribution is -2.42. The molecule has 2 aromatic carbocycles. The third-order valence-electron chi connectivity index (χ3n) is 5.58. The number of methoxy groups -OCH3 is 2. The predicted octanol–water partition coefficient (Wildman–Crippen LogP) is 2.79. The number of rotatable bonds is 9. The maximum atomic E-state index is 13.3. The Hall–Kier alpha value is -3.92. The Balaban J connectivity index is 1.51. The topological polar surface area (TPSA) is 91.6 Å². The molecular formula is C25H24FN3O5S. The molecular weight excluding hydrogens is 473 g/mol. The van der Waals surface area contributed by atoms with Crippen LogP contribution in [0.25, 0.3) is 10.2 Å². The highest BCUT2D eigenvalue weighted by Crippen LogP contribution is 2.27. The van der Waals surface area contributed by atoms with E-state index in [1.165, 1.54) is 40.2 Å². The number of carbonyl (C=O) groups excluding carboxylic acids is 1. The van der Waals surface area contributed by atoms with E-state index in [2.05, 4.69) is 5.32 Å². The molecule has 0 saturated heterocycles. The lowest BCUT2D eigenvalue weighted by Gasteiger charge is -2.13. The lowest BCUT2D eigenvalue weighted by atomic mass is 10.1. The standard InChI is InChI=1S/C25H24FN3O5S/c1-33-20-8-5-16(13-21(20)34-2)9-11-27-22(30)15-28-19-10-12-35-23(19)24(31)29(25(28)32)14-17-3-6-18(26)7-4-17/h3-8,10,12-13H,9,11,14-15H2,1-2H3,(H,27,30). The second kappa shape index (κ2) is 10.6. The number of hydrogen-bond donors (Lipinski definition) is 1. The van der Waals surface area contributed by atoms with Crippen LogP contribution in [-0.4, -0.2) is 35.8 Å². The molecule has 0 aliphatic rings. The molecule has 1 amide bonds. The fraction of sp³-hybridized carbons (Fsp3) is 0.240. The number of fused-ring (bicyclic) bond motifs is 1. The van der Waals surface area contributed by atoms with Gasteiger partial charge in [0.1, 0.15) is 17.1 Å². The summed E-state index contributed by atoms with van der Waals surface area (Å²) in [4.78, 5) is 38.8. The van der Waals surface area contributed by atoms with Gasteiger partial charge in [0.2, 0.25) is 5.91 Å². The fourth-order valence-corrected chi connectivity index (χ4v) is 4.62. The number of nitrogens with one attached hydrogen (secondary N) is 1. The molecule has 0 aliphatic heterocycles. The van der Waals surface area contributed by atoms with Crippen molar-refractivity contribution < 1.29 is 18.7 Å². The summed E-state index contributed by atoms with van der Waals surface area (Å²) in [7, 11) is 3.12. The zero-order valence-electron chi connectivity index (χ0n) is 19.2. The van der Waals surface area contributed by atoms with Crippen molar-refractivity contribution in [3.8, 4) is 11.5 Å². The Bertz CT molecular complexity index is 1470. The van der Waals surface area contributed by atoms with E-state index in [1.807, 2.05) is 12.1 Å². The highest BCUT2D eigenvalue weighted by atomic mass is 32.1. The first-order valence-corrected chi connectivity index (χ1v) is 11.7. The summed E-state index contributed by atoms with van der Waals surface area (Å²) >= 11 is 1.21. The second-order valence-corrected chi connectivity index (χ2v) is 8.73. The lowest BCUT2D eigenvalue weighted by molar-refractivity contribution is -0.121. The SMILES string of the molecule is COc1ccc(CCNC(=O)Cn2c(=O)n(Cc3ccc(F)cc3)c(=O)c3sccc32)cc1OC. The first-order chi connectivity index (χ1) is 16.9. The first-order valence-electron chi connectivity index (χ1n) is 10.8. The van der Waals surface area contributed by atoms with Gasteiger partial charge in [0.15, 0.2) is 11.5 Å². The van der Waals surface area contributed by atoms with Gasteiger partial charge < -0.3 is 14.8 Å². The van der Waals surface area contributed by atoms with Gasteiger partial charge in [0.05, 0.1) is 26.3 Å². The van der Waals surface area contributed by atoms with Crippen molar-refractivity contribution in [2.75, 3.05) is 20.8 Å². The van der Waals surface area contributed by atoms with Crippen LogP contribution in [0.5, 0.6) is 11.5 Å². The van der Waals surface area contributed by atoms with Gasteiger partial charge in [-0.25, -0.2) is 9.18 Å². The summed E-state index contributed by atoms with van der Waals surface area (Å²) in [6.45, 7) is 0.0967. The molecule has 2 aromatic heterocycles. The molecule has 0 unspecified atom stereocenters. The number of ether oxygens (including phenoxy) is 2. The molecule has 1 N–H and O–H groups in total. The minimum atomic E-state index is -0.597. The van der Waals surface area contributed by atoms with E-state index in [1.54, 1.807) is 31.7 Å². The van der Waals surface area contributed by atoms with Gasteiger partial charge in [-0.05, 0) is 53.3 Å². The van der Waals surface area contributed by atoms with Crippen LogP contribution in [0.3, 0.4) is 0 Å². The van der Waals surface area contributed by atoms with E-state index in [0.29, 0.717) is 40.2 Å². The molecule has 35 heavy (non-hydrogen) atoms. The number of amides is 1. The van der Waals surface area contributed by atoms with Gasteiger partial charge in [-0.3, -0.25) is 18.7 Å². The van der Waals surface area contributed by atoms with Crippen LogP contribution in [0.1, 0.15) is 11.1 Å². The van der Waals surface area contributed by atoms with Gasteiger partial charge >= 0.3 is 5.69 Å². The summed E-state index contributed by atoms with van der Waals surface area (Å²) in [5.41, 5.74) is 0.936. The Morgan fingerprint density at radius 1 is 0.971 bits per heavy atom. The van der Waals surface area contributed by atoms with Crippen molar-refractivity contribution >= 4 is 27.5 Å². The van der Waals surface area contributed by atoms with E-state index in [-0.39, 0.29) is 19.0 Å². The van der Waals surface area contributed by atoms with E-state index >= 15 is 0 Å². The largest absolute Gasteiger partial charge is 0.493 e. The third-order valence-corrected chi connectivity index (χ3v) is 6.47. The number of nitrogens with zero attached hydrogens (tertiary/aromatic N) is 2. The quantitative estimate of drug-likeness (QED) is 0.384. The maximum absolute atomic E-state index is 13.3. The molecule has 0 fully saturated rings. The Morgan fingerprint density at radius 3 is 2.40 bits per heavy atom.